The van der Waals surface area contributed by atoms with Crippen molar-refractivity contribution in [3.8, 4) is 0 Å². The number of anilines is 1. The molecule has 2 heterocycles. The maximum absolute atomic E-state index is 11.8. The second kappa shape index (κ2) is 5.44. The number of rotatable bonds is 5. The average molecular weight is 248 g/mol. The Balaban J connectivity index is 1.96. The summed E-state index contributed by atoms with van der Waals surface area (Å²) in [6, 6.07) is 0. The van der Waals surface area contributed by atoms with Crippen LogP contribution in [0.3, 0.4) is 0 Å². The van der Waals surface area contributed by atoms with E-state index in [0.717, 1.165) is 5.82 Å². The van der Waals surface area contributed by atoms with Crippen molar-refractivity contribution in [2.75, 3.05) is 11.9 Å². The monoisotopic (exact) mass is 248 g/mol. The molecule has 0 aliphatic carbocycles. The standard InChI is InChI=1S/C11H16N6O/c1-3-17-7-6-13-10(11(17)18)12-5-4-9-14-8-16(2)15-9/h6-8H,3-5H2,1-2H3,(H,12,13). The van der Waals surface area contributed by atoms with Gasteiger partial charge in [0.25, 0.3) is 5.56 Å². The van der Waals surface area contributed by atoms with Crippen molar-refractivity contribution < 1.29 is 0 Å². The molecular weight excluding hydrogens is 232 g/mol. The highest BCUT2D eigenvalue weighted by atomic mass is 16.1. The lowest BCUT2D eigenvalue weighted by atomic mass is 10.4. The first kappa shape index (κ1) is 12.3. The fourth-order valence-electron chi connectivity index (χ4n) is 1.61. The number of hydrogen-bond acceptors (Lipinski definition) is 5. The van der Waals surface area contributed by atoms with Crippen molar-refractivity contribution in [2.24, 2.45) is 7.05 Å². The van der Waals surface area contributed by atoms with Crippen LogP contribution in [0.4, 0.5) is 5.82 Å². The minimum atomic E-state index is -0.103. The van der Waals surface area contributed by atoms with Gasteiger partial charge in [0.2, 0.25) is 0 Å². The highest BCUT2D eigenvalue weighted by molar-refractivity contribution is 5.30. The van der Waals surface area contributed by atoms with E-state index in [1.54, 1.807) is 28.0 Å². The topological polar surface area (TPSA) is 77.6 Å². The quantitative estimate of drug-likeness (QED) is 0.808. The van der Waals surface area contributed by atoms with Gasteiger partial charge in [-0.15, -0.1) is 0 Å². The van der Waals surface area contributed by atoms with E-state index >= 15 is 0 Å². The molecule has 0 spiro atoms. The molecule has 2 aromatic heterocycles. The zero-order valence-electron chi connectivity index (χ0n) is 10.5. The molecule has 0 amide bonds. The second-order valence-electron chi connectivity index (χ2n) is 3.88. The van der Waals surface area contributed by atoms with Crippen molar-refractivity contribution in [1.82, 2.24) is 24.3 Å². The van der Waals surface area contributed by atoms with Gasteiger partial charge in [0, 0.05) is 39.0 Å². The molecule has 0 saturated carbocycles. The molecule has 0 atom stereocenters. The smallest absolute Gasteiger partial charge is 0.293 e. The molecule has 0 aliphatic rings. The van der Waals surface area contributed by atoms with Crippen LogP contribution in [0.2, 0.25) is 0 Å². The summed E-state index contributed by atoms with van der Waals surface area (Å²) in [5, 5.41) is 7.17. The van der Waals surface area contributed by atoms with Gasteiger partial charge in [0.1, 0.15) is 6.33 Å². The van der Waals surface area contributed by atoms with Gasteiger partial charge in [-0.3, -0.25) is 9.48 Å². The molecule has 18 heavy (non-hydrogen) atoms. The number of hydrogen-bond donors (Lipinski definition) is 1. The Morgan fingerprint density at radius 2 is 2.22 bits per heavy atom. The Bertz CT molecular complexity index is 573. The number of aryl methyl sites for hydroxylation is 2. The van der Waals surface area contributed by atoms with Crippen molar-refractivity contribution in [3.05, 3.63) is 34.9 Å². The molecule has 0 radical (unpaired) electrons. The van der Waals surface area contributed by atoms with Gasteiger partial charge < -0.3 is 9.88 Å². The van der Waals surface area contributed by atoms with E-state index < -0.39 is 0 Å². The molecule has 2 rings (SSSR count). The summed E-state index contributed by atoms with van der Waals surface area (Å²) in [7, 11) is 1.82. The minimum absolute atomic E-state index is 0.103. The number of nitrogens with zero attached hydrogens (tertiary/aromatic N) is 5. The third kappa shape index (κ3) is 2.73. The van der Waals surface area contributed by atoms with Crippen LogP contribution in [0.1, 0.15) is 12.7 Å². The lowest BCUT2D eigenvalue weighted by Gasteiger charge is -2.06. The first-order chi connectivity index (χ1) is 8.70. The van der Waals surface area contributed by atoms with E-state index in [2.05, 4.69) is 20.4 Å². The van der Waals surface area contributed by atoms with Gasteiger partial charge in [-0.05, 0) is 6.92 Å². The molecule has 96 valence electrons. The molecule has 7 heteroatoms. The van der Waals surface area contributed by atoms with E-state index in [1.807, 2.05) is 14.0 Å². The maximum Gasteiger partial charge on any atom is 0.293 e. The van der Waals surface area contributed by atoms with Crippen LogP contribution >= 0.6 is 0 Å². The summed E-state index contributed by atoms with van der Waals surface area (Å²) >= 11 is 0. The Morgan fingerprint density at radius 3 is 2.89 bits per heavy atom. The van der Waals surface area contributed by atoms with Crippen LogP contribution in [0.15, 0.2) is 23.5 Å². The summed E-state index contributed by atoms with van der Waals surface area (Å²) in [5.41, 5.74) is -0.103. The average Bonchev–Trinajstić information content (AvgIpc) is 2.77. The highest BCUT2D eigenvalue weighted by Crippen LogP contribution is 1.95. The van der Waals surface area contributed by atoms with Gasteiger partial charge in [-0.25, -0.2) is 9.97 Å². The van der Waals surface area contributed by atoms with E-state index in [-0.39, 0.29) is 5.56 Å². The summed E-state index contributed by atoms with van der Waals surface area (Å²) < 4.78 is 3.26. The normalized spacial score (nSPS) is 10.6. The molecule has 0 bridgehead atoms. The van der Waals surface area contributed by atoms with Crippen LogP contribution in [-0.4, -0.2) is 30.9 Å². The van der Waals surface area contributed by atoms with Gasteiger partial charge >= 0.3 is 0 Å². The molecule has 0 aromatic carbocycles. The molecule has 0 saturated heterocycles. The molecule has 1 N–H and O–H groups in total. The molecule has 2 aromatic rings. The first-order valence-corrected chi connectivity index (χ1v) is 5.84. The Labute approximate surface area is 105 Å². The van der Waals surface area contributed by atoms with Crippen molar-refractivity contribution in [3.63, 3.8) is 0 Å². The summed E-state index contributed by atoms with van der Waals surface area (Å²) in [6.07, 6.45) is 5.60. The summed E-state index contributed by atoms with van der Waals surface area (Å²) in [4.78, 5) is 20.0. The fourth-order valence-corrected chi connectivity index (χ4v) is 1.61. The van der Waals surface area contributed by atoms with Crippen LogP contribution < -0.4 is 10.9 Å². The van der Waals surface area contributed by atoms with E-state index in [4.69, 9.17) is 0 Å². The predicted octanol–water partition coefficient (Wildman–Crippen LogP) is 0.0463. The van der Waals surface area contributed by atoms with Crippen molar-refractivity contribution >= 4 is 5.82 Å². The van der Waals surface area contributed by atoms with E-state index in [0.29, 0.717) is 25.3 Å². The van der Waals surface area contributed by atoms with Crippen LogP contribution in [0.25, 0.3) is 0 Å². The molecule has 0 fully saturated rings. The van der Waals surface area contributed by atoms with Gasteiger partial charge in [0.05, 0.1) is 0 Å². The van der Waals surface area contributed by atoms with E-state index in [9.17, 15) is 4.79 Å². The number of nitrogens with one attached hydrogen (secondary N) is 1. The summed E-state index contributed by atoms with van der Waals surface area (Å²) in [5.74, 6) is 1.12. The van der Waals surface area contributed by atoms with E-state index in [1.165, 1.54) is 0 Å². The Kier molecular flexibility index (Phi) is 3.71. The van der Waals surface area contributed by atoms with Gasteiger partial charge in [-0.1, -0.05) is 0 Å². The van der Waals surface area contributed by atoms with Crippen molar-refractivity contribution in [2.45, 2.75) is 19.9 Å². The van der Waals surface area contributed by atoms with Crippen LogP contribution in [0, 0.1) is 0 Å². The lowest BCUT2D eigenvalue weighted by Crippen LogP contribution is -2.24. The highest BCUT2D eigenvalue weighted by Gasteiger charge is 2.04. The van der Waals surface area contributed by atoms with Gasteiger partial charge in [0.15, 0.2) is 11.6 Å². The minimum Gasteiger partial charge on any atom is -0.365 e. The SMILES string of the molecule is CCn1ccnc(NCCc2ncn(C)n2)c1=O. The Hall–Kier alpha value is -2.18. The van der Waals surface area contributed by atoms with Crippen LogP contribution in [-0.2, 0) is 20.0 Å². The molecular formula is C11H16N6O. The van der Waals surface area contributed by atoms with Gasteiger partial charge in [-0.2, -0.15) is 5.10 Å². The third-order valence-corrected chi connectivity index (χ3v) is 2.54. The summed E-state index contributed by atoms with van der Waals surface area (Å²) in [6.45, 7) is 3.14. The largest absolute Gasteiger partial charge is 0.365 e. The zero-order chi connectivity index (χ0) is 13.0. The molecule has 7 nitrogen and oxygen atoms in total. The second-order valence-corrected chi connectivity index (χ2v) is 3.88. The molecule has 0 aliphatic heterocycles. The number of aromatic nitrogens is 5. The zero-order valence-corrected chi connectivity index (χ0v) is 10.5. The van der Waals surface area contributed by atoms with Crippen LogP contribution in [0.5, 0.6) is 0 Å². The van der Waals surface area contributed by atoms with Crippen molar-refractivity contribution in [1.29, 1.82) is 0 Å². The predicted molar refractivity (Wildman–Crippen MR) is 67.4 cm³/mol. The fraction of sp³-hybridized carbons (Fsp3) is 0.455. The first-order valence-electron chi connectivity index (χ1n) is 5.84. The maximum atomic E-state index is 11.8. The lowest BCUT2D eigenvalue weighted by molar-refractivity contribution is 0.716. The Morgan fingerprint density at radius 1 is 1.39 bits per heavy atom. The molecule has 0 unspecified atom stereocenters. The third-order valence-electron chi connectivity index (χ3n) is 2.54.